The standard InChI is InChI=1S/C21H13N5O2/c22-13-14-6-8-16(9-7-14)23-21-18-12-17(26(27)28)10-11-19(18)24-20(25-21)15-4-2-1-3-5-15/h1-12H,(H,23,24,25). The number of hydrogen-bond acceptors (Lipinski definition) is 6. The van der Waals surface area contributed by atoms with E-state index in [1.807, 2.05) is 30.3 Å². The monoisotopic (exact) mass is 367 g/mol. The molecule has 0 atom stereocenters. The number of aromatic nitrogens is 2. The fourth-order valence-electron chi connectivity index (χ4n) is 2.81. The van der Waals surface area contributed by atoms with Crippen molar-refractivity contribution in [2.24, 2.45) is 0 Å². The van der Waals surface area contributed by atoms with Crippen molar-refractivity contribution < 1.29 is 4.92 Å². The molecule has 0 spiro atoms. The van der Waals surface area contributed by atoms with Crippen LogP contribution < -0.4 is 5.32 Å². The Labute approximate surface area is 160 Å². The van der Waals surface area contributed by atoms with Crippen molar-refractivity contribution in [1.29, 1.82) is 5.26 Å². The summed E-state index contributed by atoms with van der Waals surface area (Å²) in [6.45, 7) is 0. The van der Waals surface area contributed by atoms with Gasteiger partial charge in [-0.15, -0.1) is 0 Å². The van der Waals surface area contributed by atoms with Gasteiger partial charge in [-0.05, 0) is 30.3 Å². The van der Waals surface area contributed by atoms with Crippen LogP contribution >= 0.6 is 0 Å². The molecule has 0 bridgehead atoms. The summed E-state index contributed by atoms with van der Waals surface area (Å²) in [4.78, 5) is 19.9. The summed E-state index contributed by atoms with van der Waals surface area (Å²) in [5.41, 5.74) is 2.65. The minimum Gasteiger partial charge on any atom is -0.340 e. The Kier molecular flexibility index (Phi) is 4.36. The van der Waals surface area contributed by atoms with E-state index in [-0.39, 0.29) is 5.69 Å². The van der Waals surface area contributed by atoms with Gasteiger partial charge in [0.2, 0.25) is 0 Å². The van der Waals surface area contributed by atoms with E-state index in [1.54, 1.807) is 30.3 Å². The molecule has 7 heteroatoms. The predicted octanol–water partition coefficient (Wildman–Crippen LogP) is 4.82. The van der Waals surface area contributed by atoms with E-state index in [2.05, 4.69) is 21.4 Å². The fraction of sp³-hybridized carbons (Fsp3) is 0. The van der Waals surface area contributed by atoms with Crippen molar-refractivity contribution in [2.75, 3.05) is 5.32 Å². The molecule has 4 aromatic rings. The minimum atomic E-state index is -0.448. The number of anilines is 2. The number of non-ortho nitro benzene ring substituents is 1. The van der Waals surface area contributed by atoms with Gasteiger partial charge in [-0.1, -0.05) is 30.3 Å². The molecule has 0 aliphatic heterocycles. The molecule has 0 unspecified atom stereocenters. The zero-order valence-electron chi connectivity index (χ0n) is 14.5. The molecule has 7 nitrogen and oxygen atoms in total. The molecule has 0 aliphatic carbocycles. The van der Waals surface area contributed by atoms with Crippen molar-refractivity contribution >= 4 is 28.1 Å². The highest BCUT2D eigenvalue weighted by atomic mass is 16.6. The van der Waals surface area contributed by atoms with E-state index >= 15 is 0 Å². The van der Waals surface area contributed by atoms with Gasteiger partial charge in [0.05, 0.1) is 22.1 Å². The van der Waals surface area contributed by atoms with Gasteiger partial charge in [-0.3, -0.25) is 10.1 Å². The zero-order chi connectivity index (χ0) is 19.5. The van der Waals surface area contributed by atoms with Crippen LogP contribution in [0.25, 0.3) is 22.3 Å². The molecule has 1 aromatic heterocycles. The Bertz CT molecular complexity index is 1220. The second-order valence-corrected chi connectivity index (χ2v) is 6.03. The number of hydrogen-bond donors (Lipinski definition) is 1. The number of nitrogens with one attached hydrogen (secondary N) is 1. The van der Waals surface area contributed by atoms with Crippen molar-refractivity contribution in [3.05, 3.63) is 88.5 Å². The third-order valence-electron chi connectivity index (χ3n) is 4.20. The zero-order valence-corrected chi connectivity index (χ0v) is 14.5. The van der Waals surface area contributed by atoms with Gasteiger partial charge in [-0.25, -0.2) is 9.97 Å². The third kappa shape index (κ3) is 3.34. The number of rotatable bonds is 4. The van der Waals surface area contributed by atoms with Gasteiger partial charge < -0.3 is 5.32 Å². The van der Waals surface area contributed by atoms with Crippen LogP contribution in [-0.4, -0.2) is 14.9 Å². The first kappa shape index (κ1) is 17.1. The maximum absolute atomic E-state index is 11.2. The van der Waals surface area contributed by atoms with E-state index < -0.39 is 4.92 Å². The molecule has 0 saturated carbocycles. The number of fused-ring (bicyclic) bond motifs is 1. The highest BCUT2D eigenvalue weighted by Gasteiger charge is 2.14. The molecule has 4 rings (SSSR count). The summed E-state index contributed by atoms with van der Waals surface area (Å²) >= 11 is 0. The van der Waals surface area contributed by atoms with Crippen LogP contribution in [0.1, 0.15) is 5.56 Å². The van der Waals surface area contributed by atoms with Crippen LogP contribution in [-0.2, 0) is 0 Å². The largest absolute Gasteiger partial charge is 0.340 e. The number of nitro groups is 1. The lowest BCUT2D eigenvalue weighted by atomic mass is 10.1. The van der Waals surface area contributed by atoms with E-state index in [0.29, 0.717) is 33.8 Å². The fourth-order valence-corrected chi connectivity index (χ4v) is 2.81. The predicted molar refractivity (Wildman–Crippen MR) is 106 cm³/mol. The van der Waals surface area contributed by atoms with Gasteiger partial charge in [0, 0.05) is 28.8 Å². The molecule has 0 radical (unpaired) electrons. The Morgan fingerprint density at radius 2 is 1.71 bits per heavy atom. The smallest absolute Gasteiger partial charge is 0.270 e. The molecule has 134 valence electrons. The van der Waals surface area contributed by atoms with Crippen LogP contribution in [0.2, 0.25) is 0 Å². The highest BCUT2D eigenvalue weighted by molar-refractivity contribution is 5.93. The van der Waals surface area contributed by atoms with Crippen LogP contribution in [0.5, 0.6) is 0 Å². The van der Waals surface area contributed by atoms with E-state index in [1.165, 1.54) is 12.1 Å². The first-order chi connectivity index (χ1) is 13.6. The summed E-state index contributed by atoms with van der Waals surface area (Å²) in [6, 6.07) is 23.0. The van der Waals surface area contributed by atoms with Crippen LogP contribution in [0.4, 0.5) is 17.2 Å². The summed E-state index contributed by atoms with van der Waals surface area (Å²) in [7, 11) is 0. The average Bonchev–Trinajstić information content (AvgIpc) is 2.74. The lowest BCUT2D eigenvalue weighted by molar-refractivity contribution is -0.384. The third-order valence-corrected chi connectivity index (χ3v) is 4.20. The molecule has 0 saturated heterocycles. The topological polar surface area (TPSA) is 105 Å². The second-order valence-electron chi connectivity index (χ2n) is 6.03. The Morgan fingerprint density at radius 3 is 2.39 bits per heavy atom. The molecule has 0 fully saturated rings. The minimum absolute atomic E-state index is 0.0357. The van der Waals surface area contributed by atoms with E-state index in [0.717, 1.165) is 5.56 Å². The van der Waals surface area contributed by atoms with Gasteiger partial charge >= 0.3 is 0 Å². The van der Waals surface area contributed by atoms with E-state index in [4.69, 9.17) is 5.26 Å². The summed E-state index contributed by atoms with van der Waals surface area (Å²) in [5, 5.41) is 23.9. The molecule has 1 N–H and O–H groups in total. The number of nitrogens with zero attached hydrogens (tertiary/aromatic N) is 4. The number of nitro benzene ring substituents is 1. The van der Waals surface area contributed by atoms with Crippen LogP contribution in [0.3, 0.4) is 0 Å². The molecule has 28 heavy (non-hydrogen) atoms. The SMILES string of the molecule is N#Cc1ccc(Nc2nc(-c3ccccc3)nc3ccc([N+](=O)[O-])cc23)cc1. The number of nitriles is 1. The normalized spacial score (nSPS) is 10.4. The van der Waals surface area contributed by atoms with Crippen molar-refractivity contribution in [3.63, 3.8) is 0 Å². The van der Waals surface area contributed by atoms with Gasteiger partial charge in [-0.2, -0.15) is 5.26 Å². The second kappa shape index (κ2) is 7.13. The summed E-state index contributed by atoms with van der Waals surface area (Å²) in [5.74, 6) is 0.968. The van der Waals surface area contributed by atoms with Crippen molar-refractivity contribution in [1.82, 2.24) is 9.97 Å². The Morgan fingerprint density at radius 1 is 0.964 bits per heavy atom. The summed E-state index contributed by atoms with van der Waals surface area (Å²) in [6.07, 6.45) is 0. The lowest BCUT2D eigenvalue weighted by Crippen LogP contribution is -2.00. The molecule has 0 aliphatic rings. The van der Waals surface area contributed by atoms with Crippen molar-refractivity contribution in [3.8, 4) is 17.5 Å². The molecular weight excluding hydrogens is 354 g/mol. The maximum Gasteiger partial charge on any atom is 0.270 e. The molecule has 3 aromatic carbocycles. The van der Waals surface area contributed by atoms with Crippen LogP contribution in [0, 0.1) is 21.4 Å². The van der Waals surface area contributed by atoms with E-state index in [9.17, 15) is 10.1 Å². The Balaban J connectivity index is 1.87. The first-order valence-electron chi connectivity index (χ1n) is 8.43. The maximum atomic E-state index is 11.2. The summed E-state index contributed by atoms with van der Waals surface area (Å²) < 4.78 is 0. The number of benzene rings is 3. The molecule has 1 heterocycles. The Hall–Kier alpha value is -4.31. The van der Waals surface area contributed by atoms with Crippen molar-refractivity contribution in [2.45, 2.75) is 0 Å². The lowest BCUT2D eigenvalue weighted by Gasteiger charge is -2.11. The van der Waals surface area contributed by atoms with Gasteiger partial charge in [0.25, 0.3) is 5.69 Å². The molecular formula is C21H13N5O2. The highest BCUT2D eigenvalue weighted by Crippen LogP contribution is 2.30. The van der Waals surface area contributed by atoms with Gasteiger partial charge in [0.15, 0.2) is 5.82 Å². The molecule has 0 amide bonds. The van der Waals surface area contributed by atoms with Gasteiger partial charge in [0.1, 0.15) is 5.82 Å². The first-order valence-corrected chi connectivity index (χ1v) is 8.43. The average molecular weight is 367 g/mol. The van der Waals surface area contributed by atoms with Crippen LogP contribution in [0.15, 0.2) is 72.8 Å². The quantitative estimate of drug-likeness (QED) is 0.409.